The molecule has 0 bridgehead atoms. The predicted molar refractivity (Wildman–Crippen MR) is 81.7 cm³/mol. The highest BCUT2D eigenvalue weighted by molar-refractivity contribution is 9.09. The van der Waals surface area contributed by atoms with Gasteiger partial charge in [-0.15, -0.1) is 0 Å². The van der Waals surface area contributed by atoms with Gasteiger partial charge >= 0.3 is 0 Å². The molecule has 0 spiro atoms. The lowest BCUT2D eigenvalue weighted by Gasteiger charge is -2.32. The molecule has 20 heavy (non-hydrogen) atoms. The second-order valence-electron chi connectivity index (χ2n) is 5.32. The van der Waals surface area contributed by atoms with Crippen LogP contribution in [0.4, 0.5) is 0 Å². The van der Waals surface area contributed by atoms with Crippen LogP contribution in [0.15, 0.2) is 24.4 Å². The fourth-order valence-electron chi connectivity index (χ4n) is 2.50. The second kappa shape index (κ2) is 4.81. The summed E-state index contributed by atoms with van der Waals surface area (Å²) in [6, 6.07) is 5.87. The Hall–Kier alpha value is -1.49. The fourth-order valence-corrected chi connectivity index (χ4v) is 2.86. The number of benzene rings is 1. The van der Waals surface area contributed by atoms with Crippen molar-refractivity contribution in [1.82, 2.24) is 9.78 Å². The molecule has 1 aliphatic rings. The first-order valence-corrected chi connectivity index (χ1v) is 7.68. The average Bonchev–Trinajstić information content (AvgIpc) is 2.83. The molecule has 5 heteroatoms. The number of halogens is 1. The van der Waals surface area contributed by atoms with Gasteiger partial charge in [0.25, 0.3) is 0 Å². The number of rotatable bonds is 3. The van der Waals surface area contributed by atoms with E-state index in [0.717, 1.165) is 40.2 Å². The van der Waals surface area contributed by atoms with Gasteiger partial charge in [-0.3, -0.25) is 4.68 Å². The van der Waals surface area contributed by atoms with Crippen LogP contribution in [0, 0.1) is 0 Å². The Morgan fingerprint density at radius 1 is 1.40 bits per heavy atom. The average molecular weight is 337 g/mol. The van der Waals surface area contributed by atoms with E-state index in [1.165, 1.54) is 0 Å². The standard InChI is InChI=1S/C15H17BrN2O2/c1-15(2)12-9-18(7-6-16)17-14(12)11-5-4-10(19-3)8-13(11)20-15/h4-5,8-9H,6-7H2,1-3H3. The lowest BCUT2D eigenvalue weighted by atomic mass is 9.92. The van der Waals surface area contributed by atoms with E-state index in [-0.39, 0.29) is 5.60 Å². The van der Waals surface area contributed by atoms with Crippen LogP contribution >= 0.6 is 15.9 Å². The molecule has 1 aromatic carbocycles. The number of methoxy groups -OCH3 is 1. The number of hydrogen-bond acceptors (Lipinski definition) is 3. The SMILES string of the molecule is COc1ccc2c(c1)OC(C)(C)c1cn(CCBr)nc1-2. The van der Waals surface area contributed by atoms with Gasteiger partial charge in [0.05, 0.1) is 13.7 Å². The van der Waals surface area contributed by atoms with Crippen LogP contribution in [0.2, 0.25) is 0 Å². The van der Waals surface area contributed by atoms with Crippen molar-refractivity contribution in [3.8, 4) is 22.8 Å². The summed E-state index contributed by atoms with van der Waals surface area (Å²) >= 11 is 3.45. The maximum Gasteiger partial charge on any atom is 0.133 e. The lowest BCUT2D eigenvalue weighted by Crippen LogP contribution is -2.28. The van der Waals surface area contributed by atoms with E-state index in [0.29, 0.717) is 0 Å². The first kappa shape index (κ1) is 13.5. The summed E-state index contributed by atoms with van der Waals surface area (Å²) in [6.07, 6.45) is 2.07. The van der Waals surface area contributed by atoms with Gasteiger partial charge in [0.15, 0.2) is 0 Å². The van der Waals surface area contributed by atoms with Crippen molar-refractivity contribution < 1.29 is 9.47 Å². The van der Waals surface area contributed by atoms with Crippen molar-refractivity contribution in [2.45, 2.75) is 26.0 Å². The third-order valence-electron chi connectivity index (χ3n) is 3.53. The topological polar surface area (TPSA) is 36.3 Å². The fraction of sp³-hybridized carbons (Fsp3) is 0.400. The summed E-state index contributed by atoms with van der Waals surface area (Å²) in [5.74, 6) is 1.62. The molecule has 0 fully saturated rings. The monoisotopic (exact) mass is 336 g/mol. The summed E-state index contributed by atoms with van der Waals surface area (Å²) in [6.45, 7) is 4.97. The molecule has 0 unspecified atom stereocenters. The van der Waals surface area contributed by atoms with Gasteiger partial charge in [0.2, 0.25) is 0 Å². The number of fused-ring (bicyclic) bond motifs is 3. The summed E-state index contributed by atoms with van der Waals surface area (Å²) in [4.78, 5) is 0. The molecular formula is C15H17BrN2O2. The van der Waals surface area contributed by atoms with E-state index in [4.69, 9.17) is 14.6 Å². The third-order valence-corrected chi connectivity index (χ3v) is 3.89. The van der Waals surface area contributed by atoms with E-state index in [1.54, 1.807) is 7.11 Å². The molecule has 3 rings (SSSR count). The van der Waals surface area contributed by atoms with Crippen LogP contribution < -0.4 is 9.47 Å². The second-order valence-corrected chi connectivity index (χ2v) is 6.11. The first-order chi connectivity index (χ1) is 9.55. The van der Waals surface area contributed by atoms with Crippen LogP contribution in [-0.2, 0) is 12.1 Å². The Morgan fingerprint density at radius 3 is 2.90 bits per heavy atom. The molecule has 2 heterocycles. The Labute approximate surface area is 126 Å². The highest BCUT2D eigenvalue weighted by Crippen LogP contribution is 2.45. The van der Waals surface area contributed by atoms with Gasteiger partial charge in [-0.25, -0.2) is 0 Å². The van der Waals surface area contributed by atoms with E-state index >= 15 is 0 Å². The summed E-state index contributed by atoms with van der Waals surface area (Å²) in [7, 11) is 1.66. The van der Waals surface area contributed by atoms with E-state index < -0.39 is 0 Å². The first-order valence-electron chi connectivity index (χ1n) is 6.56. The maximum atomic E-state index is 6.13. The number of hydrogen-bond donors (Lipinski definition) is 0. The van der Waals surface area contributed by atoms with E-state index in [2.05, 4.69) is 36.0 Å². The van der Waals surface area contributed by atoms with Crippen LogP contribution in [0.1, 0.15) is 19.4 Å². The van der Waals surface area contributed by atoms with Crippen molar-refractivity contribution >= 4 is 15.9 Å². The number of aromatic nitrogens is 2. The van der Waals surface area contributed by atoms with Gasteiger partial charge in [-0.1, -0.05) is 15.9 Å². The van der Waals surface area contributed by atoms with Crippen molar-refractivity contribution in [3.63, 3.8) is 0 Å². The van der Waals surface area contributed by atoms with Gasteiger partial charge in [-0.2, -0.15) is 5.10 Å². The number of ether oxygens (including phenoxy) is 2. The zero-order chi connectivity index (χ0) is 14.3. The predicted octanol–water partition coefficient (Wildman–Crippen LogP) is 3.58. The van der Waals surface area contributed by atoms with E-state index in [1.807, 2.05) is 22.9 Å². The number of alkyl halides is 1. The molecule has 0 N–H and O–H groups in total. The Bertz CT molecular complexity index is 649. The Balaban J connectivity index is 2.16. The number of nitrogens with zero attached hydrogens (tertiary/aromatic N) is 2. The molecule has 0 saturated carbocycles. The summed E-state index contributed by atoms with van der Waals surface area (Å²) in [5.41, 5.74) is 2.75. The Kier molecular flexibility index (Phi) is 3.24. The van der Waals surface area contributed by atoms with Crippen molar-refractivity contribution in [2.24, 2.45) is 0 Å². The van der Waals surface area contributed by atoms with Gasteiger partial charge in [-0.05, 0) is 26.0 Å². The van der Waals surface area contributed by atoms with Crippen LogP contribution in [0.5, 0.6) is 11.5 Å². The largest absolute Gasteiger partial charge is 0.497 e. The molecule has 0 atom stereocenters. The third kappa shape index (κ3) is 2.10. The minimum absolute atomic E-state index is 0.390. The van der Waals surface area contributed by atoms with Crippen LogP contribution in [0.25, 0.3) is 11.3 Å². The quantitative estimate of drug-likeness (QED) is 0.804. The van der Waals surface area contributed by atoms with Crippen molar-refractivity contribution in [2.75, 3.05) is 12.4 Å². The van der Waals surface area contributed by atoms with Crippen molar-refractivity contribution in [1.29, 1.82) is 0 Å². The number of aryl methyl sites for hydroxylation is 1. The maximum absolute atomic E-state index is 6.13. The van der Waals surface area contributed by atoms with Crippen LogP contribution in [-0.4, -0.2) is 22.2 Å². The van der Waals surface area contributed by atoms with Gasteiger partial charge < -0.3 is 9.47 Å². The van der Waals surface area contributed by atoms with Crippen LogP contribution in [0.3, 0.4) is 0 Å². The smallest absolute Gasteiger partial charge is 0.133 e. The molecular weight excluding hydrogens is 320 g/mol. The molecule has 1 aliphatic heterocycles. The minimum atomic E-state index is -0.390. The highest BCUT2D eigenvalue weighted by Gasteiger charge is 2.35. The van der Waals surface area contributed by atoms with Gasteiger partial charge in [0, 0.05) is 28.7 Å². The van der Waals surface area contributed by atoms with Crippen molar-refractivity contribution in [3.05, 3.63) is 30.0 Å². The van der Waals surface area contributed by atoms with E-state index in [9.17, 15) is 0 Å². The highest BCUT2D eigenvalue weighted by atomic mass is 79.9. The molecule has 2 aromatic rings. The zero-order valence-corrected chi connectivity index (χ0v) is 13.4. The zero-order valence-electron chi connectivity index (χ0n) is 11.8. The molecule has 0 saturated heterocycles. The lowest BCUT2D eigenvalue weighted by molar-refractivity contribution is 0.105. The summed E-state index contributed by atoms with van der Waals surface area (Å²) < 4.78 is 13.4. The summed E-state index contributed by atoms with van der Waals surface area (Å²) in [5, 5.41) is 5.58. The minimum Gasteiger partial charge on any atom is -0.497 e. The molecule has 1 aromatic heterocycles. The Morgan fingerprint density at radius 2 is 2.20 bits per heavy atom. The molecule has 4 nitrogen and oxygen atoms in total. The molecule has 0 aliphatic carbocycles. The molecule has 106 valence electrons. The van der Waals surface area contributed by atoms with Gasteiger partial charge in [0.1, 0.15) is 22.8 Å². The normalized spacial score (nSPS) is 15.2. The molecule has 0 amide bonds. The molecule has 0 radical (unpaired) electrons.